The lowest BCUT2D eigenvalue weighted by Crippen LogP contribution is -2.15. The molecule has 21 heavy (non-hydrogen) atoms. The number of nitrogen functional groups attached to an aromatic ring is 1. The number of methoxy groups -OCH3 is 1. The second-order valence-electron chi connectivity index (χ2n) is 4.26. The van der Waals surface area contributed by atoms with Crippen molar-refractivity contribution in [2.75, 3.05) is 52.2 Å². The van der Waals surface area contributed by atoms with Crippen LogP contribution in [0, 0.1) is 13.8 Å². The Bertz CT molecular complexity index is 417. The summed E-state index contributed by atoms with van der Waals surface area (Å²) in [5.74, 6) is 7.05. The van der Waals surface area contributed by atoms with E-state index in [1.165, 1.54) is 0 Å². The molecule has 1 rings (SSSR count). The molecule has 120 valence electrons. The van der Waals surface area contributed by atoms with Crippen molar-refractivity contribution in [3.05, 3.63) is 11.4 Å². The lowest BCUT2D eigenvalue weighted by molar-refractivity contribution is 0.0176. The van der Waals surface area contributed by atoms with Crippen molar-refractivity contribution in [1.82, 2.24) is 9.97 Å². The molecule has 1 aromatic rings. The second-order valence-corrected chi connectivity index (χ2v) is 4.26. The summed E-state index contributed by atoms with van der Waals surface area (Å²) in [6, 6.07) is 0. The zero-order chi connectivity index (χ0) is 15.5. The van der Waals surface area contributed by atoms with Crippen molar-refractivity contribution < 1.29 is 18.9 Å². The Hall–Kier alpha value is -1.48. The van der Waals surface area contributed by atoms with E-state index >= 15 is 0 Å². The maximum absolute atomic E-state index is 5.57. The van der Waals surface area contributed by atoms with Crippen LogP contribution in [0.1, 0.15) is 11.4 Å². The third-order valence-electron chi connectivity index (χ3n) is 2.62. The molecule has 0 aromatic carbocycles. The van der Waals surface area contributed by atoms with Crippen LogP contribution in [-0.2, 0) is 14.2 Å². The third kappa shape index (κ3) is 6.67. The van der Waals surface area contributed by atoms with E-state index in [2.05, 4.69) is 15.4 Å². The van der Waals surface area contributed by atoms with E-state index in [1.54, 1.807) is 14.0 Å². The number of hydrazine groups is 1. The normalized spacial score (nSPS) is 10.7. The molecule has 8 heteroatoms. The van der Waals surface area contributed by atoms with Crippen molar-refractivity contribution in [3.63, 3.8) is 0 Å². The maximum Gasteiger partial charge on any atom is 0.221 e. The van der Waals surface area contributed by atoms with Crippen LogP contribution in [-0.4, -0.2) is 56.7 Å². The Morgan fingerprint density at radius 1 is 0.952 bits per heavy atom. The summed E-state index contributed by atoms with van der Waals surface area (Å²) in [5, 5.41) is 0. The number of aromatic nitrogens is 2. The van der Waals surface area contributed by atoms with E-state index in [4.69, 9.17) is 24.8 Å². The zero-order valence-corrected chi connectivity index (χ0v) is 12.8. The number of aryl methyl sites for hydroxylation is 1. The highest BCUT2D eigenvalue weighted by molar-refractivity contribution is 5.47. The summed E-state index contributed by atoms with van der Waals surface area (Å²) < 4.78 is 21.1. The van der Waals surface area contributed by atoms with Crippen LogP contribution in [0.4, 0.5) is 5.82 Å². The minimum absolute atomic E-state index is 0.402. The molecule has 0 aliphatic carbocycles. The van der Waals surface area contributed by atoms with E-state index < -0.39 is 0 Å². The quantitative estimate of drug-likeness (QED) is 0.345. The maximum atomic E-state index is 5.57. The number of rotatable bonds is 11. The van der Waals surface area contributed by atoms with Gasteiger partial charge in [-0.15, -0.1) is 0 Å². The second kappa shape index (κ2) is 10.3. The molecule has 0 fully saturated rings. The molecule has 0 aliphatic rings. The molecule has 0 atom stereocenters. The van der Waals surface area contributed by atoms with Gasteiger partial charge in [-0.05, 0) is 13.8 Å². The van der Waals surface area contributed by atoms with Crippen molar-refractivity contribution in [3.8, 4) is 5.88 Å². The van der Waals surface area contributed by atoms with Crippen molar-refractivity contribution >= 4 is 5.82 Å². The van der Waals surface area contributed by atoms with Crippen LogP contribution in [0.5, 0.6) is 5.88 Å². The van der Waals surface area contributed by atoms with E-state index in [1.807, 2.05) is 6.92 Å². The Kier molecular flexibility index (Phi) is 8.60. The molecule has 0 saturated heterocycles. The third-order valence-corrected chi connectivity index (χ3v) is 2.62. The molecule has 0 unspecified atom stereocenters. The Morgan fingerprint density at radius 2 is 1.57 bits per heavy atom. The van der Waals surface area contributed by atoms with Crippen molar-refractivity contribution in [2.24, 2.45) is 5.84 Å². The number of nitrogens with two attached hydrogens (primary N) is 1. The highest BCUT2D eigenvalue weighted by Crippen LogP contribution is 2.20. The monoisotopic (exact) mass is 300 g/mol. The summed E-state index contributed by atoms with van der Waals surface area (Å²) in [5.41, 5.74) is 3.29. The van der Waals surface area contributed by atoms with Gasteiger partial charge in [-0.3, -0.25) is 0 Å². The van der Waals surface area contributed by atoms with Gasteiger partial charge in [0.2, 0.25) is 5.88 Å². The molecule has 0 radical (unpaired) electrons. The molecule has 1 aromatic heterocycles. The topological polar surface area (TPSA) is 101 Å². The van der Waals surface area contributed by atoms with E-state index in [0.29, 0.717) is 57.2 Å². The number of anilines is 1. The number of ether oxygens (including phenoxy) is 4. The molecule has 0 bridgehead atoms. The summed E-state index contributed by atoms with van der Waals surface area (Å²) in [6.45, 7) is 6.70. The number of hydrogen-bond donors (Lipinski definition) is 2. The number of nitrogens with zero attached hydrogens (tertiary/aromatic N) is 2. The van der Waals surface area contributed by atoms with Gasteiger partial charge in [0.05, 0.1) is 38.6 Å². The molecule has 0 spiro atoms. The standard InChI is InChI=1S/C13H24N4O4/c1-10-12(17-14)15-11(2)16-13(10)21-9-8-20-7-6-19-5-4-18-3/h4-9,14H2,1-3H3,(H,15,16,17). The molecule has 0 saturated carbocycles. The molecule has 3 N–H and O–H groups in total. The SMILES string of the molecule is COCCOCCOCCOc1nc(C)nc(NN)c1C. The van der Waals surface area contributed by atoms with Gasteiger partial charge in [0.15, 0.2) is 0 Å². The largest absolute Gasteiger partial charge is 0.475 e. The van der Waals surface area contributed by atoms with Gasteiger partial charge in [0.1, 0.15) is 18.2 Å². The van der Waals surface area contributed by atoms with Gasteiger partial charge < -0.3 is 24.4 Å². The van der Waals surface area contributed by atoms with E-state index in [-0.39, 0.29) is 0 Å². The van der Waals surface area contributed by atoms with Gasteiger partial charge in [-0.1, -0.05) is 0 Å². The lowest BCUT2D eigenvalue weighted by atomic mass is 10.3. The Morgan fingerprint density at radius 3 is 2.19 bits per heavy atom. The fourth-order valence-corrected chi connectivity index (χ4v) is 1.55. The van der Waals surface area contributed by atoms with Crippen LogP contribution in [0.25, 0.3) is 0 Å². The van der Waals surface area contributed by atoms with E-state index in [0.717, 1.165) is 5.56 Å². The minimum Gasteiger partial charge on any atom is -0.475 e. The van der Waals surface area contributed by atoms with Gasteiger partial charge in [0.25, 0.3) is 0 Å². The molecule has 8 nitrogen and oxygen atoms in total. The van der Waals surface area contributed by atoms with Crippen LogP contribution in [0.15, 0.2) is 0 Å². The highest BCUT2D eigenvalue weighted by Gasteiger charge is 2.09. The van der Waals surface area contributed by atoms with Crippen molar-refractivity contribution in [1.29, 1.82) is 0 Å². The molecular formula is C13H24N4O4. The average Bonchev–Trinajstić information content (AvgIpc) is 2.48. The smallest absolute Gasteiger partial charge is 0.221 e. The van der Waals surface area contributed by atoms with Crippen LogP contribution in [0.3, 0.4) is 0 Å². The Labute approximate surface area is 124 Å². The van der Waals surface area contributed by atoms with Gasteiger partial charge in [-0.25, -0.2) is 10.8 Å². The molecular weight excluding hydrogens is 276 g/mol. The summed E-state index contributed by atoms with van der Waals surface area (Å²) in [4.78, 5) is 8.39. The summed E-state index contributed by atoms with van der Waals surface area (Å²) in [7, 11) is 1.64. The molecule has 0 aliphatic heterocycles. The van der Waals surface area contributed by atoms with Gasteiger partial charge >= 0.3 is 0 Å². The zero-order valence-electron chi connectivity index (χ0n) is 12.8. The summed E-state index contributed by atoms with van der Waals surface area (Å²) in [6.07, 6.45) is 0. The first-order valence-electron chi connectivity index (χ1n) is 6.78. The molecule has 0 amide bonds. The highest BCUT2D eigenvalue weighted by atomic mass is 16.6. The fourth-order valence-electron chi connectivity index (χ4n) is 1.55. The predicted octanol–water partition coefficient (Wildman–Crippen LogP) is 0.437. The van der Waals surface area contributed by atoms with Crippen molar-refractivity contribution in [2.45, 2.75) is 13.8 Å². The predicted molar refractivity (Wildman–Crippen MR) is 78.3 cm³/mol. The van der Waals surface area contributed by atoms with E-state index in [9.17, 15) is 0 Å². The van der Waals surface area contributed by atoms with Gasteiger partial charge in [-0.2, -0.15) is 4.98 Å². The van der Waals surface area contributed by atoms with Crippen LogP contribution >= 0.6 is 0 Å². The summed E-state index contributed by atoms with van der Waals surface area (Å²) >= 11 is 0. The fraction of sp³-hybridized carbons (Fsp3) is 0.692. The van der Waals surface area contributed by atoms with Gasteiger partial charge in [0, 0.05) is 7.11 Å². The first kappa shape index (κ1) is 17.6. The van der Waals surface area contributed by atoms with Crippen LogP contribution < -0.4 is 16.0 Å². The first-order valence-corrected chi connectivity index (χ1v) is 6.78. The average molecular weight is 300 g/mol. The number of nitrogens with one attached hydrogen (secondary N) is 1. The molecule has 1 heterocycles. The number of hydrogen-bond acceptors (Lipinski definition) is 8. The van der Waals surface area contributed by atoms with Crippen LogP contribution in [0.2, 0.25) is 0 Å². The Balaban J connectivity index is 2.20. The minimum atomic E-state index is 0.402. The lowest BCUT2D eigenvalue weighted by Gasteiger charge is -2.12. The first-order chi connectivity index (χ1) is 10.2.